The molecule has 0 spiro atoms. The van der Waals surface area contributed by atoms with Crippen LogP contribution in [0.15, 0.2) is 19.7 Å². The van der Waals surface area contributed by atoms with Crippen molar-refractivity contribution in [2.45, 2.75) is 25.3 Å². The standard InChI is InChI=1S/C13H13Br2NS2/c1-16-12(8-6-11(14)18-13(8)15)10-5-7-3-2-4-9(7)17-10/h5-6,12,16H,2-4H2,1H3. The molecule has 2 aromatic heterocycles. The van der Waals surface area contributed by atoms with Crippen LogP contribution in [-0.2, 0) is 12.8 Å². The Morgan fingerprint density at radius 3 is 2.67 bits per heavy atom. The predicted octanol–water partition coefficient (Wildman–Crippen LogP) is 5.13. The van der Waals surface area contributed by atoms with E-state index in [1.807, 2.05) is 18.4 Å². The van der Waals surface area contributed by atoms with Crippen LogP contribution < -0.4 is 5.32 Å². The Kier molecular flexibility index (Phi) is 3.97. The van der Waals surface area contributed by atoms with Crippen molar-refractivity contribution in [3.63, 3.8) is 0 Å². The third-order valence-electron chi connectivity index (χ3n) is 3.33. The molecule has 1 aliphatic carbocycles. The number of nitrogens with one attached hydrogen (secondary N) is 1. The van der Waals surface area contributed by atoms with E-state index < -0.39 is 0 Å². The van der Waals surface area contributed by atoms with Gasteiger partial charge in [0.1, 0.15) is 0 Å². The molecule has 2 aromatic rings. The van der Waals surface area contributed by atoms with Gasteiger partial charge in [-0.15, -0.1) is 22.7 Å². The molecule has 18 heavy (non-hydrogen) atoms. The highest BCUT2D eigenvalue weighted by Gasteiger charge is 2.23. The first-order chi connectivity index (χ1) is 8.69. The fourth-order valence-electron chi connectivity index (χ4n) is 2.50. The monoisotopic (exact) mass is 405 g/mol. The van der Waals surface area contributed by atoms with Gasteiger partial charge in [0, 0.05) is 15.3 Å². The molecule has 5 heteroatoms. The number of rotatable bonds is 3. The van der Waals surface area contributed by atoms with E-state index in [2.05, 4.69) is 49.3 Å². The number of fused-ring (bicyclic) bond motifs is 1. The van der Waals surface area contributed by atoms with E-state index in [1.54, 1.807) is 21.8 Å². The number of aryl methyl sites for hydroxylation is 2. The summed E-state index contributed by atoms with van der Waals surface area (Å²) < 4.78 is 2.39. The van der Waals surface area contributed by atoms with Crippen LogP contribution in [0.5, 0.6) is 0 Å². The summed E-state index contributed by atoms with van der Waals surface area (Å²) in [5.41, 5.74) is 2.90. The number of hydrogen-bond acceptors (Lipinski definition) is 3. The van der Waals surface area contributed by atoms with E-state index in [4.69, 9.17) is 0 Å². The van der Waals surface area contributed by atoms with Gasteiger partial charge in [-0.3, -0.25) is 0 Å². The molecular formula is C13H13Br2NS2. The van der Waals surface area contributed by atoms with Gasteiger partial charge in [0.05, 0.1) is 13.6 Å². The third-order valence-corrected chi connectivity index (χ3v) is 7.02. The van der Waals surface area contributed by atoms with E-state index >= 15 is 0 Å². The number of thiophene rings is 2. The summed E-state index contributed by atoms with van der Waals surface area (Å²) in [6.45, 7) is 0. The first kappa shape index (κ1) is 13.3. The minimum absolute atomic E-state index is 0.303. The molecule has 0 aliphatic heterocycles. The molecule has 0 fully saturated rings. The van der Waals surface area contributed by atoms with Gasteiger partial charge in [-0.1, -0.05) is 0 Å². The zero-order chi connectivity index (χ0) is 12.7. The van der Waals surface area contributed by atoms with Crippen LogP contribution in [-0.4, -0.2) is 7.05 Å². The average molecular weight is 407 g/mol. The molecule has 1 atom stereocenters. The molecule has 0 aromatic carbocycles. The maximum absolute atomic E-state index is 3.67. The summed E-state index contributed by atoms with van der Waals surface area (Å²) in [6.07, 6.45) is 3.86. The summed E-state index contributed by atoms with van der Waals surface area (Å²) in [7, 11) is 2.04. The molecule has 2 heterocycles. The van der Waals surface area contributed by atoms with Crippen molar-refractivity contribution >= 4 is 54.5 Å². The second-order valence-electron chi connectivity index (χ2n) is 4.45. The summed E-state index contributed by atoms with van der Waals surface area (Å²) in [4.78, 5) is 3.03. The molecule has 0 radical (unpaired) electrons. The maximum Gasteiger partial charge on any atom is 0.0762 e. The van der Waals surface area contributed by atoms with E-state index in [0.717, 1.165) is 0 Å². The molecule has 3 rings (SSSR count). The molecule has 1 nitrogen and oxygen atoms in total. The second kappa shape index (κ2) is 5.37. The van der Waals surface area contributed by atoms with Gasteiger partial charge >= 0.3 is 0 Å². The summed E-state index contributed by atoms with van der Waals surface area (Å²) >= 11 is 10.9. The molecule has 1 aliphatic rings. The van der Waals surface area contributed by atoms with Gasteiger partial charge < -0.3 is 5.32 Å². The molecule has 0 amide bonds. The number of halogens is 2. The molecule has 0 saturated carbocycles. The molecule has 0 bridgehead atoms. The SMILES string of the molecule is CNC(c1cc2c(s1)CCC2)c1cc(Br)sc1Br. The largest absolute Gasteiger partial charge is 0.309 e. The lowest BCUT2D eigenvalue weighted by molar-refractivity contribution is 0.703. The molecular weight excluding hydrogens is 394 g/mol. The quantitative estimate of drug-likeness (QED) is 0.744. The van der Waals surface area contributed by atoms with Gasteiger partial charge in [-0.05, 0) is 75.9 Å². The summed E-state index contributed by atoms with van der Waals surface area (Å²) in [5.74, 6) is 0. The van der Waals surface area contributed by atoms with Crippen LogP contribution in [0.4, 0.5) is 0 Å². The third kappa shape index (κ3) is 2.36. The van der Waals surface area contributed by atoms with Crippen molar-refractivity contribution in [2.24, 2.45) is 0 Å². The minimum atomic E-state index is 0.303. The Bertz CT molecular complexity index is 552. The van der Waals surface area contributed by atoms with Crippen molar-refractivity contribution in [3.05, 3.63) is 40.6 Å². The zero-order valence-corrected chi connectivity index (χ0v) is 14.7. The highest BCUT2D eigenvalue weighted by Crippen LogP contribution is 2.41. The van der Waals surface area contributed by atoms with Crippen molar-refractivity contribution in [2.75, 3.05) is 7.05 Å². The van der Waals surface area contributed by atoms with Crippen LogP contribution in [0.1, 0.15) is 33.3 Å². The minimum Gasteiger partial charge on any atom is -0.309 e. The first-order valence-electron chi connectivity index (χ1n) is 5.92. The van der Waals surface area contributed by atoms with Crippen molar-refractivity contribution < 1.29 is 0 Å². The van der Waals surface area contributed by atoms with Gasteiger partial charge in [0.2, 0.25) is 0 Å². The van der Waals surface area contributed by atoms with Crippen LogP contribution in [0, 0.1) is 0 Å². The zero-order valence-electron chi connectivity index (χ0n) is 9.93. The van der Waals surface area contributed by atoms with Crippen molar-refractivity contribution in [1.82, 2.24) is 5.32 Å². The van der Waals surface area contributed by atoms with Gasteiger partial charge in [0.15, 0.2) is 0 Å². The van der Waals surface area contributed by atoms with Crippen molar-refractivity contribution in [3.8, 4) is 0 Å². The predicted molar refractivity (Wildman–Crippen MR) is 87.0 cm³/mol. The fraction of sp³-hybridized carbons (Fsp3) is 0.385. The van der Waals surface area contributed by atoms with Gasteiger partial charge in [-0.25, -0.2) is 0 Å². The fourth-order valence-corrected chi connectivity index (χ4v) is 6.78. The van der Waals surface area contributed by atoms with Crippen LogP contribution in [0.25, 0.3) is 0 Å². The molecule has 96 valence electrons. The van der Waals surface area contributed by atoms with E-state index in [-0.39, 0.29) is 0 Å². The molecule has 1 unspecified atom stereocenters. The van der Waals surface area contributed by atoms with Gasteiger partial charge in [0.25, 0.3) is 0 Å². The normalized spacial score (nSPS) is 15.9. The van der Waals surface area contributed by atoms with Gasteiger partial charge in [-0.2, -0.15) is 0 Å². The van der Waals surface area contributed by atoms with E-state index in [1.165, 1.54) is 37.3 Å². The lowest BCUT2D eigenvalue weighted by Gasteiger charge is -2.14. The first-order valence-corrected chi connectivity index (χ1v) is 9.14. The van der Waals surface area contributed by atoms with Crippen LogP contribution in [0.2, 0.25) is 0 Å². The highest BCUT2D eigenvalue weighted by molar-refractivity contribution is 9.12. The number of hydrogen-bond donors (Lipinski definition) is 1. The Morgan fingerprint density at radius 1 is 1.22 bits per heavy atom. The lowest BCUT2D eigenvalue weighted by atomic mass is 10.1. The smallest absolute Gasteiger partial charge is 0.0762 e. The topological polar surface area (TPSA) is 12.0 Å². The van der Waals surface area contributed by atoms with Crippen LogP contribution in [0.3, 0.4) is 0 Å². The summed E-state index contributed by atoms with van der Waals surface area (Å²) in [5, 5.41) is 3.44. The van der Waals surface area contributed by atoms with Crippen molar-refractivity contribution in [1.29, 1.82) is 0 Å². The van der Waals surface area contributed by atoms with E-state index in [0.29, 0.717) is 6.04 Å². The second-order valence-corrected chi connectivity index (χ2v) is 9.37. The Labute approximate surface area is 132 Å². The summed E-state index contributed by atoms with van der Waals surface area (Å²) in [6, 6.07) is 4.91. The lowest BCUT2D eigenvalue weighted by Crippen LogP contribution is -2.16. The van der Waals surface area contributed by atoms with E-state index in [9.17, 15) is 0 Å². The van der Waals surface area contributed by atoms with Crippen LogP contribution >= 0.6 is 54.5 Å². The molecule has 1 N–H and O–H groups in total. The highest BCUT2D eigenvalue weighted by atomic mass is 79.9. The average Bonchev–Trinajstić information content (AvgIpc) is 2.95. The molecule has 0 saturated heterocycles. The maximum atomic E-state index is 3.67. The Balaban J connectivity index is 1.99. The Hall–Kier alpha value is 0.320. The Morgan fingerprint density at radius 2 is 2.06 bits per heavy atom.